The highest BCUT2D eigenvalue weighted by atomic mass is 16.5. The van der Waals surface area contributed by atoms with Gasteiger partial charge in [-0.05, 0) is 45.4 Å². The number of hydrogen-bond acceptors (Lipinski definition) is 3. The van der Waals surface area contributed by atoms with Crippen LogP contribution >= 0.6 is 0 Å². The van der Waals surface area contributed by atoms with Crippen LogP contribution in [-0.4, -0.2) is 31.2 Å². The quantitative estimate of drug-likeness (QED) is 0.739. The molecule has 0 saturated heterocycles. The molecule has 0 aromatic heterocycles. The van der Waals surface area contributed by atoms with Crippen LogP contribution in [-0.2, 0) is 9.53 Å². The van der Waals surface area contributed by atoms with E-state index in [9.17, 15) is 4.79 Å². The van der Waals surface area contributed by atoms with E-state index in [1.165, 1.54) is 0 Å². The van der Waals surface area contributed by atoms with E-state index in [1.54, 1.807) is 0 Å². The summed E-state index contributed by atoms with van der Waals surface area (Å²) in [5, 5.41) is 2.92. The minimum Gasteiger partial charge on any atom is -0.369 e. The first-order chi connectivity index (χ1) is 7.58. The van der Waals surface area contributed by atoms with E-state index in [2.05, 4.69) is 5.32 Å². The van der Waals surface area contributed by atoms with Crippen molar-refractivity contribution in [3.05, 3.63) is 0 Å². The van der Waals surface area contributed by atoms with Gasteiger partial charge >= 0.3 is 0 Å². The van der Waals surface area contributed by atoms with E-state index in [-0.39, 0.29) is 18.6 Å². The SMILES string of the molecule is CC(C)OCC(=O)NCC1CCC(N)CC1. The molecule has 0 radical (unpaired) electrons. The summed E-state index contributed by atoms with van der Waals surface area (Å²) in [4.78, 5) is 11.4. The Morgan fingerprint density at radius 1 is 1.38 bits per heavy atom. The van der Waals surface area contributed by atoms with Crippen molar-refractivity contribution in [3.8, 4) is 0 Å². The van der Waals surface area contributed by atoms with Crippen LogP contribution in [0, 0.1) is 5.92 Å². The van der Waals surface area contributed by atoms with Crippen molar-refractivity contribution in [2.75, 3.05) is 13.2 Å². The van der Waals surface area contributed by atoms with E-state index in [0.717, 1.165) is 32.2 Å². The summed E-state index contributed by atoms with van der Waals surface area (Å²) in [6.07, 6.45) is 4.55. The van der Waals surface area contributed by atoms with Gasteiger partial charge in [-0.15, -0.1) is 0 Å². The lowest BCUT2D eigenvalue weighted by molar-refractivity contribution is -0.127. The summed E-state index contributed by atoms with van der Waals surface area (Å²) >= 11 is 0. The maximum atomic E-state index is 11.4. The van der Waals surface area contributed by atoms with Crippen molar-refractivity contribution in [2.24, 2.45) is 11.7 Å². The van der Waals surface area contributed by atoms with Gasteiger partial charge in [0, 0.05) is 12.6 Å². The van der Waals surface area contributed by atoms with Gasteiger partial charge in [0.05, 0.1) is 6.10 Å². The molecule has 0 bridgehead atoms. The van der Waals surface area contributed by atoms with Crippen molar-refractivity contribution in [1.82, 2.24) is 5.32 Å². The molecule has 0 aromatic rings. The fraction of sp³-hybridized carbons (Fsp3) is 0.917. The van der Waals surface area contributed by atoms with Gasteiger partial charge in [-0.1, -0.05) is 0 Å². The molecule has 1 fully saturated rings. The van der Waals surface area contributed by atoms with Crippen molar-refractivity contribution < 1.29 is 9.53 Å². The van der Waals surface area contributed by atoms with Crippen LogP contribution in [0.3, 0.4) is 0 Å². The Hall–Kier alpha value is -0.610. The molecule has 0 aromatic carbocycles. The highest BCUT2D eigenvalue weighted by Gasteiger charge is 2.18. The Labute approximate surface area is 97.9 Å². The minimum absolute atomic E-state index is 0.0106. The zero-order valence-corrected chi connectivity index (χ0v) is 10.4. The average Bonchev–Trinajstić information content (AvgIpc) is 2.25. The molecule has 1 aliphatic carbocycles. The van der Waals surface area contributed by atoms with Crippen LogP contribution < -0.4 is 11.1 Å². The topological polar surface area (TPSA) is 64.3 Å². The maximum absolute atomic E-state index is 11.4. The normalized spacial score (nSPS) is 25.8. The maximum Gasteiger partial charge on any atom is 0.246 e. The van der Waals surface area contributed by atoms with Crippen LogP contribution in [0.4, 0.5) is 0 Å². The zero-order valence-electron chi connectivity index (χ0n) is 10.4. The van der Waals surface area contributed by atoms with Crippen molar-refractivity contribution in [2.45, 2.75) is 51.7 Å². The van der Waals surface area contributed by atoms with Gasteiger partial charge in [0.25, 0.3) is 0 Å². The van der Waals surface area contributed by atoms with Crippen LogP contribution in [0.1, 0.15) is 39.5 Å². The Bertz CT molecular complexity index is 211. The summed E-state index contributed by atoms with van der Waals surface area (Å²) < 4.78 is 5.23. The van der Waals surface area contributed by atoms with Gasteiger partial charge in [0.15, 0.2) is 0 Å². The number of nitrogens with one attached hydrogen (secondary N) is 1. The van der Waals surface area contributed by atoms with E-state index in [4.69, 9.17) is 10.5 Å². The molecular weight excluding hydrogens is 204 g/mol. The molecule has 94 valence electrons. The third-order valence-electron chi connectivity index (χ3n) is 3.03. The minimum atomic E-state index is -0.0106. The summed E-state index contributed by atoms with van der Waals surface area (Å²) in [6.45, 7) is 4.79. The smallest absolute Gasteiger partial charge is 0.246 e. The second-order valence-electron chi connectivity index (χ2n) is 4.94. The number of carbonyl (C=O) groups is 1. The van der Waals surface area contributed by atoms with E-state index in [0.29, 0.717) is 12.0 Å². The lowest BCUT2D eigenvalue weighted by atomic mass is 9.86. The zero-order chi connectivity index (χ0) is 12.0. The van der Waals surface area contributed by atoms with E-state index in [1.807, 2.05) is 13.8 Å². The fourth-order valence-corrected chi connectivity index (χ4v) is 1.94. The van der Waals surface area contributed by atoms with Crippen LogP contribution in [0.15, 0.2) is 0 Å². The first-order valence-electron chi connectivity index (χ1n) is 6.21. The number of carbonyl (C=O) groups excluding carboxylic acids is 1. The first kappa shape index (κ1) is 13.5. The van der Waals surface area contributed by atoms with Crippen molar-refractivity contribution in [1.29, 1.82) is 0 Å². The highest BCUT2D eigenvalue weighted by Crippen LogP contribution is 2.22. The summed E-state index contributed by atoms with van der Waals surface area (Å²) in [5.74, 6) is 0.589. The van der Waals surface area contributed by atoms with Gasteiger partial charge in [-0.25, -0.2) is 0 Å². The molecule has 0 spiro atoms. The van der Waals surface area contributed by atoms with Crippen molar-refractivity contribution in [3.63, 3.8) is 0 Å². The van der Waals surface area contributed by atoms with Gasteiger partial charge in [-0.3, -0.25) is 4.79 Å². The molecule has 1 aliphatic rings. The lowest BCUT2D eigenvalue weighted by Gasteiger charge is -2.26. The Balaban J connectivity index is 2.07. The van der Waals surface area contributed by atoms with Gasteiger partial charge in [0.2, 0.25) is 5.91 Å². The Morgan fingerprint density at radius 3 is 2.56 bits per heavy atom. The molecule has 0 aliphatic heterocycles. The molecule has 16 heavy (non-hydrogen) atoms. The largest absolute Gasteiger partial charge is 0.369 e. The fourth-order valence-electron chi connectivity index (χ4n) is 1.94. The number of amides is 1. The third kappa shape index (κ3) is 5.47. The number of hydrogen-bond donors (Lipinski definition) is 2. The lowest BCUT2D eigenvalue weighted by Crippen LogP contribution is -2.36. The van der Waals surface area contributed by atoms with Crippen LogP contribution in [0.25, 0.3) is 0 Å². The number of ether oxygens (including phenoxy) is 1. The molecule has 1 saturated carbocycles. The predicted molar refractivity (Wildman–Crippen MR) is 64.0 cm³/mol. The van der Waals surface area contributed by atoms with E-state index >= 15 is 0 Å². The van der Waals surface area contributed by atoms with Gasteiger partial charge < -0.3 is 15.8 Å². The average molecular weight is 228 g/mol. The monoisotopic (exact) mass is 228 g/mol. The molecule has 4 heteroatoms. The molecule has 1 rings (SSSR count). The van der Waals surface area contributed by atoms with Crippen molar-refractivity contribution >= 4 is 5.91 Å². The second kappa shape index (κ2) is 6.86. The molecule has 1 amide bonds. The van der Waals surface area contributed by atoms with Crippen LogP contribution in [0.5, 0.6) is 0 Å². The Morgan fingerprint density at radius 2 is 2.00 bits per heavy atom. The molecule has 0 atom stereocenters. The third-order valence-corrected chi connectivity index (χ3v) is 3.03. The molecule has 0 heterocycles. The second-order valence-corrected chi connectivity index (χ2v) is 4.94. The summed E-state index contributed by atoms with van der Waals surface area (Å²) in [7, 11) is 0. The standard InChI is InChI=1S/C12H24N2O2/c1-9(2)16-8-12(15)14-7-10-3-5-11(13)6-4-10/h9-11H,3-8,13H2,1-2H3,(H,14,15). The molecule has 4 nitrogen and oxygen atoms in total. The number of nitrogens with two attached hydrogens (primary N) is 1. The Kier molecular flexibility index (Phi) is 5.77. The van der Waals surface area contributed by atoms with Gasteiger partial charge in [0.1, 0.15) is 6.61 Å². The summed E-state index contributed by atoms with van der Waals surface area (Å²) in [5.41, 5.74) is 5.83. The molecular formula is C12H24N2O2. The summed E-state index contributed by atoms with van der Waals surface area (Å²) in [6, 6.07) is 0.372. The molecule has 0 unspecified atom stereocenters. The van der Waals surface area contributed by atoms with Crippen LogP contribution in [0.2, 0.25) is 0 Å². The number of rotatable bonds is 5. The van der Waals surface area contributed by atoms with E-state index < -0.39 is 0 Å². The van der Waals surface area contributed by atoms with Gasteiger partial charge in [-0.2, -0.15) is 0 Å². The first-order valence-corrected chi connectivity index (χ1v) is 6.21. The highest BCUT2D eigenvalue weighted by molar-refractivity contribution is 5.77. The predicted octanol–water partition coefficient (Wildman–Crippen LogP) is 1.05. The molecule has 3 N–H and O–H groups in total.